The van der Waals surface area contributed by atoms with Gasteiger partial charge < -0.3 is 52.8 Å². The van der Waals surface area contributed by atoms with Crippen LogP contribution in [0.15, 0.2) is 97.1 Å². The smallest absolute Gasteiger partial charge is 0.318 e. The summed E-state index contributed by atoms with van der Waals surface area (Å²) in [5, 5.41) is 25.1. The minimum atomic E-state index is -0.196. The van der Waals surface area contributed by atoms with Gasteiger partial charge in [-0.25, -0.2) is 9.59 Å². The first kappa shape index (κ1) is 70.3. The summed E-state index contributed by atoms with van der Waals surface area (Å²) in [5.74, 6) is -0.0262. The lowest BCUT2D eigenvalue weighted by atomic mass is 10.1. The van der Waals surface area contributed by atoms with Gasteiger partial charge in [0.1, 0.15) is 0 Å². The Labute approximate surface area is 437 Å². The molecule has 0 unspecified atom stereocenters. The molecule has 0 saturated carbocycles. The predicted octanol–water partition coefficient (Wildman–Crippen LogP) is 11.2. The van der Waals surface area contributed by atoms with E-state index in [1.165, 1.54) is 62.4 Å². The van der Waals surface area contributed by atoms with Crippen LogP contribution >= 0.6 is 0 Å². The molecule has 0 spiro atoms. The van der Waals surface area contributed by atoms with E-state index in [4.69, 9.17) is 0 Å². The molecule has 72 heavy (non-hydrogen) atoms. The normalized spacial score (nSPS) is 9.50. The first-order valence-electron chi connectivity index (χ1n) is 26.0. The maximum Gasteiger partial charge on any atom is 0.318 e. The fraction of sp³-hybridized carbons (Fsp3) is 0.517. The topological polar surface area (TPSA) is 180 Å². The van der Waals surface area contributed by atoms with Crippen molar-refractivity contribution in [3.8, 4) is 0 Å². The molecule has 0 aliphatic rings. The van der Waals surface area contributed by atoms with E-state index in [1.54, 1.807) is 26.2 Å². The quantitative estimate of drug-likeness (QED) is 0.0393. The van der Waals surface area contributed by atoms with Crippen molar-refractivity contribution >= 4 is 40.9 Å². The summed E-state index contributed by atoms with van der Waals surface area (Å²) in [5.41, 5.74) is 8.30. The van der Waals surface area contributed by atoms with Crippen LogP contribution in [0.3, 0.4) is 0 Å². The van der Waals surface area contributed by atoms with Gasteiger partial charge in [0.2, 0.25) is 5.91 Å². The number of unbranched alkanes of at least 4 members (excludes halogenated alkanes) is 3. The Morgan fingerprint density at radius 3 is 1.40 bits per heavy atom. The van der Waals surface area contributed by atoms with E-state index >= 15 is 0 Å². The molecule has 0 aromatic heterocycles. The molecule has 4 aromatic carbocycles. The molecule has 6 amide bonds. The highest BCUT2D eigenvalue weighted by molar-refractivity contribution is 6.04. The zero-order valence-corrected chi connectivity index (χ0v) is 47.4. The number of anilines is 3. The molecule has 0 atom stereocenters. The molecular formula is C58H100N10O4. The highest BCUT2D eigenvalue weighted by atomic mass is 16.2. The maximum atomic E-state index is 12.0. The van der Waals surface area contributed by atoms with Crippen LogP contribution in [0.4, 0.5) is 26.7 Å². The Balaban J connectivity index is -0.000000796. The van der Waals surface area contributed by atoms with Gasteiger partial charge in [-0.05, 0) is 166 Å². The third-order valence-electron chi connectivity index (χ3n) is 9.97. The molecule has 0 aliphatic carbocycles. The number of aryl methyl sites for hydroxylation is 3. The van der Waals surface area contributed by atoms with Crippen molar-refractivity contribution in [1.82, 2.24) is 36.8 Å². The van der Waals surface area contributed by atoms with Gasteiger partial charge in [0.15, 0.2) is 0 Å². The fourth-order valence-electron chi connectivity index (χ4n) is 5.71. The monoisotopic (exact) mass is 1000 g/mol. The lowest BCUT2D eigenvalue weighted by molar-refractivity contribution is -0.118. The van der Waals surface area contributed by atoms with Crippen LogP contribution in [0.25, 0.3) is 0 Å². The molecule has 406 valence electrons. The van der Waals surface area contributed by atoms with Crippen molar-refractivity contribution < 1.29 is 19.2 Å². The van der Waals surface area contributed by atoms with E-state index in [0.717, 1.165) is 80.9 Å². The van der Waals surface area contributed by atoms with Gasteiger partial charge in [-0.3, -0.25) is 9.59 Å². The average molecular weight is 1000 g/mol. The number of amides is 6. The summed E-state index contributed by atoms with van der Waals surface area (Å²) >= 11 is 0. The number of nitrogens with zero attached hydrogens (tertiary/aromatic N) is 1. The molecule has 0 heterocycles. The summed E-state index contributed by atoms with van der Waals surface area (Å²) in [6.45, 7) is 24.8. The highest BCUT2D eigenvalue weighted by Crippen LogP contribution is 2.14. The Kier molecular flexibility index (Phi) is 48.8. The van der Waals surface area contributed by atoms with Gasteiger partial charge in [-0.1, -0.05) is 114 Å². The highest BCUT2D eigenvalue weighted by Gasteiger charge is 2.06. The summed E-state index contributed by atoms with van der Waals surface area (Å²) in [4.78, 5) is 45.9. The Morgan fingerprint density at radius 2 is 0.972 bits per heavy atom. The van der Waals surface area contributed by atoms with Crippen molar-refractivity contribution in [3.63, 3.8) is 0 Å². The van der Waals surface area contributed by atoms with Gasteiger partial charge in [0, 0.05) is 63.8 Å². The van der Waals surface area contributed by atoms with Crippen molar-refractivity contribution in [2.75, 3.05) is 97.5 Å². The summed E-state index contributed by atoms with van der Waals surface area (Å²) in [6, 6.07) is 31.1. The molecule has 0 fully saturated rings. The Hall–Kier alpha value is -5.96. The number of benzene rings is 4. The third-order valence-corrected chi connectivity index (χ3v) is 9.97. The predicted molar refractivity (Wildman–Crippen MR) is 311 cm³/mol. The average Bonchev–Trinajstić information content (AvgIpc) is 3.37. The SMILES string of the molecule is CCCCNC.CCCCNC(=O)NC.CCCCNC(C)=O.CCCN(C)CCC.CNC(=O)Nc1ccc(C)cc1.CNCCc1ccc(C)cc1.CNc1ccc(C(=O)Nc2cccc(C)c2)cc1. The first-order valence-corrected chi connectivity index (χ1v) is 26.0. The number of rotatable bonds is 20. The maximum absolute atomic E-state index is 12.0. The number of likely N-dealkylation sites (N-methyl/N-ethyl adjacent to an activating group) is 1. The summed E-state index contributed by atoms with van der Waals surface area (Å²) in [7, 11) is 11.2. The van der Waals surface area contributed by atoms with Gasteiger partial charge >= 0.3 is 12.1 Å². The number of carbonyl (C=O) groups is 4. The van der Waals surface area contributed by atoms with Crippen LogP contribution in [0.5, 0.6) is 0 Å². The van der Waals surface area contributed by atoms with E-state index in [9.17, 15) is 19.2 Å². The van der Waals surface area contributed by atoms with Gasteiger partial charge in [0.25, 0.3) is 5.91 Å². The molecule has 4 rings (SSSR count). The molecule has 0 radical (unpaired) electrons. The Morgan fingerprint density at radius 1 is 0.486 bits per heavy atom. The molecule has 14 heteroatoms. The molecule has 4 aromatic rings. The van der Waals surface area contributed by atoms with E-state index in [0.29, 0.717) is 5.56 Å². The van der Waals surface area contributed by atoms with Gasteiger partial charge in [-0.2, -0.15) is 0 Å². The summed E-state index contributed by atoms with van der Waals surface area (Å²) < 4.78 is 0. The zero-order chi connectivity index (χ0) is 54.8. The lowest BCUT2D eigenvalue weighted by Gasteiger charge is -2.12. The molecule has 14 nitrogen and oxygen atoms in total. The largest absolute Gasteiger partial charge is 0.388 e. The number of urea groups is 2. The minimum absolute atomic E-state index is 0.0680. The van der Waals surface area contributed by atoms with E-state index in [2.05, 4.69) is 126 Å². The van der Waals surface area contributed by atoms with Crippen LogP contribution < -0.4 is 47.9 Å². The minimum Gasteiger partial charge on any atom is -0.388 e. The molecular weight excluding hydrogens is 901 g/mol. The van der Waals surface area contributed by atoms with Crippen LogP contribution in [0.2, 0.25) is 0 Å². The fourth-order valence-corrected chi connectivity index (χ4v) is 5.71. The standard InChI is InChI=1S/C15H16N2O.C10H15N.C9H12N2O.C7H17N.C6H14N2O.C6H13NO.C5H13N/c1-11-4-3-5-14(10-11)17-15(18)12-6-8-13(16-2)9-7-12;1-9-3-5-10(6-4-9)7-8-11-2;1-7-3-5-8(6-4-7)11-9(12)10-2;1-4-6-8(3)7-5-2;1-3-4-5-8-6(9)7-2;1-3-4-5-7-6(2)8;1-3-4-5-6-2/h3-10,16H,1-2H3,(H,17,18);3-6,11H,7-8H2,1-2H3;3-6H,1-2H3,(H2,10,11,12);4-7H2,1-3H3;3-5H2,1-2H3,(H2,7,8,9);3-5H2,1-2H3,(H,7,8);6H,3-5H2,1-2H3. The second-order valence-corrected chi connectivity index (χ2v) is 17.0. The van der Waals surface area contributed by atoms with Crippen LogP contribution in [0, 0.1) is 20.8 Å². The molecule has 0 saturated heterocycles. The van der Waals surface area contributed by atoms with Crippen molar-refractivity contribution in [1.29, 1.82) is 0 Å². The van der Waals surface area contributed by atoms with Crippen molar-refractivity contribution in [3.05, 3.63) is 125 Å². The summed E-state index contributed by atoms with van der Waals surface area (Å²) in [6.07, 6.45) is 10.7. The van der Waals surface area contributed by atoms with Gasteiger partial charge in [0.05, 0.1) is 0 Å². The van der Waals surface area contributed by atoms with E-state index in [1.807, 2.05) is 95.7 Å². The zero-order valence-electron chi connectivity index (χ0n) is 47.4. The molecule has 0 aliphatic heterocycles. The number of hydrogen-bond donors (Lipinski definition) is 9. The number of hydrogen-bond acceptors (Lipinski definition) is 8. The van der Waals surface area contributed by atoms with Crippen LogP contribution in [-0.4, -0.2) is 110 Å². The van der Waals surface area contributed by atoms with Crippen molar-refractivity contribution in [2.45, 2.75) is 120 Å². The van der Waals surface area contributed by atoms with Crippen LogP contribution in [0.1, 0.15) is 126 Å². The number of nitrogens with one attached hydrogen (secondary N) is 9. The molecule has 9 N–H and O–H groups in total. The number of carbonyl (C=O) groups excluding carboxylic acids is 4. The van der Waals surface area contributed by atoms with E-state index < -0.39 is 0 Å². The third kappa shape index (κ3) is 45.2. The first-order chi connectivity index (χ1) is 34.5. The van der Waals surface area contributed by atoms with Crippen molar-refractivity contribution in [2.24, 2.45) is 0 Å². The Bertz CT molecular complexity index is 1880. The van der Waals surface area contributed by atoms with Crippen LogP contribution in [-0.2, 0) is 11.2 Å². The van der Waals surface area contributed by atoms with E-state index in [-0.39, 0.29) is 23.9 Å². The second-order valence-electron chi connectivity index (χ2n) is 17.0. The second kappa shape index (κ2) is 50.0. The lowest BCUT2D eigenvalue weighted by Crippen LogP contribution is -2.33. The van der Waals surface area contributed by atoms with Gasteiger partial charge in [-0.15, -0.1) is 0 Å². The molecule has 0 bridgehead atoms.